The molecule has 4 unspecified atom stereocenters. The second-order valence-electron chi connectivity index (χ2n) is 6.43. The molecule has 112 valence electrons. The van der Waals surface area contributed by atoms with E-state index in [4.69, 9.17) is 4.74 Å². The number of aryl methyl sites for hydroxylation is 1. The topological polar surface area (TPSA) is 21.3 Å². The molecular formula is C18H29NO. The van der Waals surface area contributed by atoms with Crippen LogP contribution in [0, 0.1) is 18.8 Å². The lowest BCUT2D eigenvalue weighted by Crippen LogP contribution is -2.31. The van der Waals surface area contributed by atoms with Crippen molar-refractivity contribution in [3.05, 3.63) is 35.4 Å². The maximum Gasteiger partial charge on any atom is 0.0955 e. The van der Waals surface area contributed by atoms with E-state index < -0.39 is 0 Å². The fraction of sp³-hybridized carbons (Fsp3) is 0.667. The number of ether oxygens (including phenoxy) is 1. The Balaban J connectivity index is 2.05. The van der Waals surface area contributed by atoms with Crippen LogP contribution in [0.4, 0.5) is 0 Å². The van der Waals surface area contributed by atoms with Crippen molar-refractivity contribution in [2.24, 2.45) is 11.8 Å². The van der Waals surface area contributed by atoms with E-state index in [2.05, 4.69) is 50.4 Å². The van der Waals surface area contributed by atoms with E-state index in [0.717, 1.165) is 18.4 Å². The van der Waals surface area contributed by atoms with Crippen LogP contribution in [0.1, 0.15) is 50.3 Å². The van der Waals surface area contributed by atoms with Crippen LogP contribution < -0.4 is 5.32 Å². The van der Waals surface area contributed by atoms with Crippen molar-refractivity contribution in [2.75, 3.05) is 13.6 Å². The van der Waals surface area contributed by atoms with Crippen LogP contribution in [0.2, 0.25) is 0 Å². The van der Waals surface area contributed by atoms with E-state index >= 15 is 0 Å². The fourth-order valence-corrected chi connectivity index (χ4v) is 3.22. The Morgan fingerprint density at radius 2 is 1.95 bits per heavy atom. The molecule has 0 radical (unpaired) electrons. The third kappa shape index (κ3) is 3.83. The zero-order valence-corrected chi connectivity index (χ0v) is 13.4. The minimum absolute atomic E-state index is 0.173. The summed E-state index contributed by atoms with van der Waals surface area (Å²) in [6, 6.07) is 8.58. The number of likely N-dealkylation sites (N-methyl/N-ethyl adjacent to an activating group) is 1. The molecule has 0 aliphatic heterocycles. The van der Waals surface area contributed by atoms with Gasteiger partial charge in [-0.3, -0.25) is 0 Å². The zero-order chi connectivity index (χ0) is 14.5. The van der Waals surface area contributed by atoms with Crippen molar-refractivity contribution in [1.82, 2.24) is 5.32 Å². The predicted octanol–water partition coefficient (Wildman–Crippen LogP) is 4.10. The van der Waals surface area contributed by atoms with E-state index in [9.17, 15) is 0 Å². The van der Waals surface area contributed by atoms with Gasteiger partial charge in [0.05, 0.1) is 12.2 Å². The van der Waals surface area contributed by atoms with Crippen molar-refractivity contribution in [3.8, 4) is 0 Å². The summed E-state index contributed by atoms with van der Waals surface area (Å²) in [5.74, 6) is 1.62. The molecule has 0 aromatic heterocycles. The van der Waals surface area contributed by atoms with Gasteiger partial charge in [-0.05, 0) is 56.2 Å². The average Bonchev–Trinajstić information content (AvgIpc) is 2.43. The first kappa shape index (κ1) is 15.5. The molecule has 0 amide bonds. The van der Waals surface area contributed by atoms with Crippen LogP contribution in [0.3, 0.4) is 0 Å². The molecule has 4 atom stereocenters. The minimum atomic E-state index is 0.173. The second kappa shape index (κ2) is 7.24. The molecule has 1 aromatic carbocycles. The van der Waals surface area contributed by atoms with Crippen LogP contribution in [0.5, 0.6) is 0 Å². The Morgan fingerprint density at radius 1 is 1.20 bits per heavy atom. The lowest BCUT2D eigenvalue weighted by molar-refractivity contribution is -0.0476. The largest absolute Gasteiger partial charge is 0.369 e. The van der Waals surface area contributed by atoms with E-state index in [-0.39, 0.29) is 6.10 Å². The molecule has 1 fully saturated rings. The number of rotatable bonds is 5. The molecule has 1 aliphatic carbocycles. The molecule has 0 saturated heterocycles. The van der Waals surface area contributed by atoms with E-state index in [1.165, 1.54) is 30.4 Å². The van der Waals surface area contributed by atoms with Crippen LogP contribution in [-0.2, 0) is 4.74 Å². The molecule has 0 heterocycles. The molecule has 20 heavy (non-hydrogen) atoms. The second-order valence-corrected chi connectivity index (χ2v) is 6.43. The highest BCUT2D eigenvalue weighted by Crippen LogP contribution is 2.34. The highest BCUT2D eigenvalue weighted by molar-refractivity contribution is 5.28. The lowest BCUT2D eigenvalue weighted by Gasteiger charge is -2.34. The van der Waals surface area contributed by atoms with Gasteiger partial charge < -0.3 is 10.1 Å². The van der Waals surface area contributed by atoms with Gasteiger partial charge in [0.25, 0.3) is 0 Å². The van der Waals surface area contributed by atoms with Gasteiger partial charge in [0.2, 0.25) is 0 Å². The summed E-state index contributed by atoms with van der Waals surface area (Å²) < 4.78 is 6.45. The van der Waals surface area contributed by atoms with E-state index in [0.29, 0.717) is 6.10 Å². The van der Waals surface area contributed by atoms with Crippen molar-refractivity contribution < 1.29 is 4.74 Å². The van der Waals surface area contributed by atoms with Gasteiger partial charge in [-0.2, -0.15) is 0 Å². The quantitative estimate of drug-likeness (QED) is 0.873. The van der Waals surface area contributed by atoms with Crippen LogP contribution >= 0.6 is 0 Å². The molecule has 2 heteroatoms. The van der Waals surface area contributed by atoms with Crippen LogP contribution in [-0.4, -0.2) is 19.7 Å². The fourth-order valence-electron chi connectivity index (χ4n) is 3.22. The summed E-state index contributed by atoms with van der Waals surface area (Å²) in [5.41, 5.74) is 2.65. The van der Waals surface area contributed by atoms with Gasteiger partial charge in [0.15, 0.2) is 0 Å². The maximum atomic E-state index is 6.45. The smallest absolute Gasteiger partial charge is 0.0955 e. The predicted molar refractivity (Wildman–Crippen MR) is 84.9 cm³/mol. The zero-order valence-electron chi connectivity index (χ0n) is 13.4. The van der Waals surface area contributed by atoms with Gasteiger partial charge in [-0.1, -0.05) is 38.1 Å². The molecule has 1 aliphatic rings. The molecule has 1 N–H and O–H groups in total. The Kier molecular flexibility index (Phi) is 5.62. The third-order valence-electron chi connectivity index (χ3n) is 4.83. The molecule has 0 bridgehead atoms. The summed E-state index contributed by atoms with van der Waals surface area (Å²) >= 11 is 0. The van der Waals surface area contributed by atoms with Crippen LogP contribution in [0.15, 0.2) is 24.3 Å². The Bertz CT molecular complexity index is 418. The average molecular weight is 275 g/mol. The first-order valence-corrected chi connectivity index (χ1v) is 7.97. The Labute approximate surface area is 123 Å². The Hall–Kier alpha value is -0.860. The van der Waals surface area contributed by atoms with E-state index in [1.807, 2.05) is 7.05 Å². The molecular weight excluding hydrogens is 246 g/mol. The molecule has 0 spiro atoms. The summed E-state index contributed by atoms with van der Waals surface area (Å²) in [4.78, 5) is 0. The SMILES string of the molecule is CNCC(OC1CCC(C)C(C)C1)c1ccccc1C. The van der Waals surface area contributed by atoms with Gasteiger partial charge >= 0.3 is 0 Å². The monoisotopic (exact) mass is 275 g/mol. The number of hydrogen-bond acceptors (Lipinski definition) is 2. The molecule has 2 rings (SSSR count). The molecule has 2 nitrogen and oxygen atoms in total. The maximum absolute atomic E-state index is 6.45. The van der Waals surface area contributed by atoms with E-state index in [1.54, 1.807) is 0 Å². The highest BCUT2D eigenvalue weighted by atomic mass is 16.5. The van der Waals surface area contributed by atoms with Crippen molar-refractivity contribution in [1.29, 1.82) is 0 Å². The molecule has 1 saturated carbocycles. The number of hydrogen-bond donors (Lipinski definition) is 1. The summed E-state index contributed by atoms with van der Waals surface area (Å²) in [6.07, 6.45) is 4.29. The van der Waals surface area contributed by atoms with Crippen molar-refractivity contribution >= 4 is 0 Å². The first-order chi connectivity index (χ1) is 9.61. The van der Waals surface area contributed by atoms with Gasteiger partial charge in [-0.15, -0.1) is 0 Å². The summed E-state index contributed by atoms with van der Waals surface area (Å²) in [5, 5.41) is 3.28. The van der Waals surface area contributed by atoms with Crippen molar-refractivity contribution in [2.45, 2.75) is 52.2 Å². The highest BCUT2D eigenvalue weighted by Gasteiger charge is 2.27. The minimum Gasteiger partial charge on any atom is -0.369 e. The summed E-state index contributed by atoms with van der Waals surface area (Å²) in [7, 11) is 2.00. The number of benzene rings is 1. The summed E-state index contributed by atoms with van der Waals surface area (Å²) in [6.45, 7) is 7.78. The third-order valence-corrected chi connectivity index (χ3v) is 4.83. The normalized spacial score (nSPS) is 28.3. The molecule has 1 aromatic rings. The first-order valence-electron chi connectivity index (χ1n) is 7.97. The van der Waals surface area contributed by atoms with Crippen LogP contribution in [0.25, 0.3) is 0 Å². The Morgan fingerprint density at radius 3 is 2.60 bits per heavy atom. The van der Waals surface area contributed by atoms with Gasteiger partial charge in [-0.25, -0.2) is 0 Å². The standard InChI is InChI=1S/C18H29NO/c1-13-9-10-16(11-15(13)3)20-18(12-19-4)17-8-6-5-7-14(17)2/h5-8,13,15-16,18-19H,9-12H2,1-4H3. The van der Waals surface area contributed by atoms with Gasteiger partial charge in [0.1, 0.15) is 0 Å². The van der Waals surface area contributed by atoms with Gasteiger partial charge in [0, 0.05) is 6.54 Å². The lowest BCUT2D eigenvalue weighted by atomic mass is 9.80. The van der Waals surface area contributed by atoms with Crippen molar-refractivity contribution in [3.63, 3.8) is 0 Å². The number of nitrogens with one attached hydrogen (secondary N) is 1.